The third kappa shape index (κ3) is 4.54. The van der Waals surface area contributed by atoms with Crippen LogP contribution in [0.5, 0.6) is 0 Å². The summed E-state index contributed by atoms with van der Waals surface area (Å²) in [6.07, 6.45) is 2.96. The summed E-state index contributed by atoms with van der Waals surface area (Å²) in [7, 11) is 0. The first-order valence-corrected chi connectivity index (χ1v) is 6.24. The van der Waals surface area contributed by atoms with E-state index in [0.29, 0.717) is 24.6 Å². The summed E-state index contributed by atoms with van der Waals surface area (Å²) >= 11 is 0. The molecule has 1 aromatic heterocycles. The zero-order chi connectivity index (χ0) is 12.7. The maximum Gasteiger partial charge on any atom is 0.223 e. The number of aromatic nitrogens is 2. The van der Waals surface area contributed by atoms with Gasteiger partial charge in [0.25, 0.3) is 0 Å². The minimum atomic E-state index is 0.171. The van der Waals surface area contributed by atoms with Crippen LogP contribution in [-0.2, 0) is 11.2 Å². The standard InChI is InChI=1S/C12H21N3O2/c1-4-8-15(9-5-2)12(16)7-6-11-14-13-10(3)17-11/h4-9H2,1-3H3. The number of hydrogen-bond acceptors (Lipinski definition) is 4. The van der Waals surface area contributed by atoms with Crippen LogP contribution in [0.1, 0.15) is 44.9 Å². The summed E-state index contributed by atoms with van der Waals surface area (Å²) in [4.78, 5) is 13.8. The molecule has 0 radical (unpaired) electrons. The third-order valence-corrected chi connectivity index (χ3v) is 2.46. The molecule has 96 valence electrons. The summed E-state index contributed by atoms with van der Waals surface area (Å²) in [6, 6.07) is 0. The number of aryl methyl sites for hydroxylation is 2. The maximum atomic E-state index is 11.9. The highest BCUT2D eigenvalue weighted by molar-refractivity contribution is 5.76. The Bertz CT molecular complexity index is 343. The minimum absolute atomic E-state index is 0.171. The van der Waals surface area contributed by atoms with Crippen LogP contribution in [0, 0.1) is 6.92 Å². The molecule has 1 rings (SSSR count). The van der Waals surface area contributed by atoms with Gasteiger partial charge in [-0.1, -0.05) is 13.8 Å². The molecule has 0 fully saturated rings. The van der Waals surface area contributed by atoms with Crippen LogP contribution in [0.2, 0.25) is 0 Å². The molecule has 17 heavy (non-hydrogen) atoms. The second-order valence-electron chi connectivity index (χ2n) is 4.10. The van der Waals surface area contributed by atoms with Crippen molar-refractivity contribution in [3.8, 4) is 0 Å². The van der Waals surface area contributed by atoms with Gasteiger partial charge in [0, 0.05) is 32.9 Å². The molecule has 0 saturated carbocycles. The first-order chi connectivity index (χ1) is 8.17. The van der Waals surface area contributed by atoms with E-state index in [1.807, 2.05) is 4.90 Å². The van der Waals surface area contributed by atoms with E-state index in [0.717, 1.165) is 25.9 Å². The number of carbonyl (C=O) groups excluding carboxylic acids is 1. The lowest BCUT2D eigenvalue weighted by Crippen LogP contribution is -2.32. The normalized spacial score (nSPS) is 10.5. The molecular formula is C12H21N3O2. The van der Waals surface area contributed by atoms with Crippen LogP contribution < -0.4 is 0 Å². The summed E-state index contributed by atoms with van der Waals surface area (Å²) in [5, 5.41) is 7.62. The molecule has 5 nitrogen and oxygen atoms in total. The Morgan fingerprint density at radius 2 is 1.88 bits per heavy atom. The molecule has 0 N–H and O–H groups in total. The van der Waals surface area contributed by atoms with Crippen molar-refractivity contribution in [3.05, 3.63) is 11.8 Å². The summed E-state index contributed by atoms with van der Waals surface area (Å²) in [5.74, 6) is 1.26. The smallest absolute Gasteiger partial charge is 0.223 e. The van der Waals surface area contributed by atoms with Crippen LogP contribution >= 0.6 is 0 Å². The van der Waals surface area contributed by atoms with Crippen LogP contribution in [-0.4, -0.2) is 34.1 Å². The predicted molar refractivity (Wildman–Crippen MR) is 64.5 cm³/mol. The molecule has 0 atom stereocenters. The number of nitrogens with zero attached hydrogens (tertiary/aromatic N) is 3. The van der Waals surface area contributed by atoms with Crippen molar-refractivity contribution in [2.75, 3.05) is 13.1 Å². The van der Waals surface area contributed by atoms with Crippen molar-refractivity contribution in [3.63, 3.8) is 0 Å². The number of amides is 1. The van der Waals surface area contributed by atoms with Crippen LogP contribution in [0.3, 0.4) is 0 Å². The zero-order valence-electron chi connectivity index (χ0n) is 10.9. The van der Waals surface area contributed by atoms with Gasteiger partial charge in [0.2, 0.25) is 17.7 Å². The van der Waals surface area contributed by atoms with Crippen molar-refractivity contribution in [2.24, 2.45) is 0 Å². The molecule has 0 aliphatic heterocycles. The quantitative estimate of drug-likeness (QED) is 0.729. The van der Waals surface area contributed by atoms with Gasteiger partial charge in [0.1, 0.15) is 0 Å². The monoisotopic (exact) mass is 239 g/mol. The average Bonchev–Trinajstić information content (AvgIpc) is 2.72. The zero-order valence-corrected chi connectivity index (χ0v) is 10.9. The van der Waals surface area contributed by atoms with Gasteiger partial charge >= 0.3 is 0 Å². The molecule has 0 unspecified atom stereocenters. The fourth-order valence-electron chi connectivity index (χ4n) is 1.71. The molecule has 0 spiro atoms. The second kappa shape index (κ2) is 7.04. The van der Waals surface area contributed by atoms with E-state index in [4.69, 9.17) is 4.42 Å². The molecule has 0 aliphatic rings. The summed E-state index contributed by atoms with van der Waals surface area (Å²) in [6.45, 7) is 7.57. The Balaban J connectivity index is 2.41. The third-order valence-electron chi connectivity index (χ3n) is 2.46. The second-order valence-corrected chi connectivity index (χ2v) is 4.10. The number of rotatable bonds is 7. The van der Waals surface area contributed by atoms with E-state index >= 15 is 0 Å². The summed E-state index contributed by atoms with van der Waals surface area (Å²) < 4.78 is 5.24. The molecule has 0 saturated heterocycles. The number of hydrogen-bond donors (Lipinski definition) is 0. The Hall–Kier alpha value is -1.39. The van der Waals surface area contributed by atoms with E-state index in [1.165, 1.54) is 0 Å². The minimum Gasteiger partial charge on any atom is -0.426 e. The highest BCUT2D eigenvalue weighted by atomic mass is 16.4. The fraction of sp³-hybridized carbons (Fsp3) is 0.750. The van der Waals surface area contributed by atoms with Gasteiger partial charge in [0.05, 0.1) is 0 Å². The van der Waals surface area contributed by atoms with E-state index in [9.17, 15) is 4.79 Å². The Morgan fingerprint density at radius 1 is 1.24 bits per heavy atom. The van der Waals surface area contributed by atoms with Gasteiger partial charge in [-0.15, -0.1) is 10.2 Å². The van der Waals surface area contributed by atoms with Gasteiger partial charge < -0.3 is 9.32 Å². The summed E-state index contributed by atoms with van der Waals surface area (Å²) in [5.41, 5.74) is 0. The van der Waals surface area contributed by atoms with E-state index < -0.39 is 0 Å². The topological polar surface area (TPSA) is 59.2 Å². The lowest BCUT2D eigenvalue weighted by molar-refractivity contribution is -0.131. The maximum absolute atomic E-state index is 11.9. The molecule has 1 aromatic rings. The molecule has 0 aromatic carbocycles. The van der Waals surface area contributed by atoms with Gasteiger partial charge in [0.15, 0.2) is 0 Å². The van der Waals surface area contributed by atoms with Crippen molar-refractivity contribution < 1.29 is 9.21 Å². The molecule has 0 aliphatic carbocycles. The van der Waals surface area contributed by atoms with E-state index in [2.05, 4.69) is 24.0 Å². The van der Waals surface area contributed by atoms with Crippen molar-refractivity contribution in [2.45, 2.75) is 46.5 Å². The van der Waals surface area contributed by atoms with Gasteiger partial charge in [-0.05, 0) is 12.8 Å². The first kappa shape index (κ1) is 13.7. The predicted octanol–water partition coefficient (Wildman–Crippen LogP) is 1.96. The first-order valence-electron chi connectivity index (χ1n) is 6.24. The van der Waals surface area contributed by atoms with Gasteiger partial charge in [-0.25, -0.2) is 0 Å². The lowest BCUT2D eigenvalue weighted by atomic mass is 10.2. The van der Waals surface area contributed by atoms with Crippen LogP contribution in [0.4, 0.5) is 0 Å². The largest absolute Gasteiger partial charge is 0.426 e. The Kier molecular flexibility index (Phi) is 5.66. The van der Waals surface area contributed by atoms with Gasteiger partial charge in [-0.3, -0.25) is 4.79 Å². The van der Waals surface area contributed by atoms with Crippen molar-refractivity contribution in [1.29, 1.82) is 0 Å². The SMILES string of the molecule is CCCN(CCC)C(=O)CCc1nnc(C)o1. The van der Waals surface area contributed by atoms with Crippen LogP contribution in [0.15, 0.2) is 4.42 Å². The molecular weight excluding hydrogens is 218 g/mol. The average molecular weight is 239 g/mol. The van der Waals surface area contributed by atoms with Gasteiger partial charge in [-0.2, -0.15) is 0 Å². The highest BCUT2D eigenvalue weighted by Gasteiger charge is 2.13. The van der Waals surface area contributed by atoms with Crippen LogP contribution in [0.25, 0.3) is 0 Å². The van der Waals surface area contributed by atoms with Crippen molar-refractivity contribution >= 4 is 5.91 Å². The molecule has 1 amide bonds. The molecule has 0 bridgehead atoms. The highest BCUT2D eigenvalue weighted by Crippen LogP contribution is 2.05. The van der Waals surface area contributed by atoms with Crippen molar-refractivity contribution in [1.82, 2.24) is 15.1 Å². The molecule has 5 heteroatoms. The Morgan fingerprint density at radius 3 is 2.35 bits per heavy atom. The van der Waals surface area contributed by atoms with E-state index in [-0.39, 0.29) is 5.91 Å². The lowest BCUT2D eigenvalue weighted by Gasteiger charge is -2.21. The Labute approximate surface area is 102 Å². The van der Waals surface area contributed by atoms with E-state index in [1.54, 1.807) is 6.92 Å². The fourth-order valence-corrected chi connectivity index (χ4v) is 1.71. The molecule has 1 heterocycles. The number of carbonyl (C=O) groups is 1.